The van der Waals surface area contributed by atoms with Crippen molar-refractivity contribution in [2.75, 3.05) is 11.1 Å². The highest BCUT2D eigenvalue weighted by molar-refractivity contribution is 5.87. The van der Waals surface area contributed by atoms with Crippen LogP contribution in [0.2, 0.25) is 0 Å². The molecule has 0 spiro atoms. The Kier molecular flexibility index (Phi) is 9.68. The standard InChI is InChI=1S/C45H38N4/c46-43-28-25-39(30-42(43)36-16-6-2-7-17-36)41-21-10-11-22-44(41)49-40-26-23-33(24-27-40)31-47-45(37-18-8-3-9-19-37)48-32-34-13-12-20-38(29-34)35-14-4-1-5-15-35/h1-31,45,48-49H,32,46H2/b47-31+/t45-/m0/s1. The van der Waals surface area contributed by atoms with Gasteiger partial charge in [-0.15, -0.1) is 0 Å². The highest BCUT2D eigenvalue weighted by atomic mass is 15.1. The Hall–Kier alpha value is -6.23. The van der Waals surface area contributed by atoms with Crippen molar-refractivity contribution >= 4 is 23.3 Å². The van der Waals surface area contributed by atoms with Gasteiger partial charge in [0.05, 0.1) is 0 Å². The third kappa shape index (κ3) is 7.84. The van der Waals surface area contributed by atoms with Gasteiger partial charge in [-0.25, -0.2) is 0 Å². The number of nitrogens with two attached hydrogens (primary N) is 1. The molecule has 4 nitrogen and oxygen atoms in total. The zero-order valence-electron chi connectivity index (χ0n) is 27.2. The number of anilines is 3. The Morgan fingerprint density at radius 2 is 1.18 bits per heavy atom. The summed E-state index contributed by atoms with van der Waals surface area (Å²) in [6.07, 6.45) is 1.76. The fourth-order valence-corrected chi connectivity index (χ4v) is 6.00. The molecule has 0 radical (unpaired) electrons. The number of hydrogen-bond donors (Lipinski definition) is 3. The number of aliphatic imine (C=N–C) groups is 1. The summed E-state index contributed by atoms with van der Waals surface area (Å²) in [7, 11) is 0. The average molecular weight is 635 g/mol. The van der Waals surface area contributed by atoms with Crippen molar-refractivity contribution in [3.05, 3.63) is 199 Å². The number of nitrogens with zero attached hydrogens (tertiary/aromatic N) is 1. The third-order valence-electron chi connectivity index (χ3n) is 8.59. The fraction of sp³-hybridized carbons (Fsp3) is 0.0444. The quantitative estimate of drug-likeness (QED) is 0.0980. The topological polar surface area (TPSA) is 62.4 Å². The summed E-state index contributed by atoms with van der Waals surface area (Å²) < 4.78 is 0. The van der Waals surface area contributed by atoms with Crippen LogP contribution in [0.15, 0.2) is 187 Å². The molecule has 7 aromatic carbocycles. The molecule has 4 N–H and O–H groups in total. The minimum absolute atomic E-state index is 0.188. The zero-order chi connectivity index (χ0) is 33.3. The van der Waals surface area contributed by atoms with Crippen LogP contribution < -0.4 is 16.4 Å². The first-order valence-electron chi connectivity index (χ1n) is 16.6. The van der Waals surface area contributed by atoms with Crippen LogP contribution in [0.25, 0.3) is 33.4 Å². The Balaban J connectivity index is 1.06. The predicted octanol–water partition coefficient (Wildman–Crippen LogP) is 10.9. The lowest BCUT2D eigenvalue weighted by molar-refractivity contribution is 0.556. The van der Waals surface area contributed by atoms with E-state index in [1.54, 1.807) is 0 Å². The Morgan fingerprint density at radius 3 is 1.94 bits per heavy atom. The molecule has 238 valence electrons. The summed E-state index contributed by atoms with van der Waals surface area (Å²) in [6.45, 7) is 0.695. The van der Waals surface area contributed by atoms with Crippen LogP contribution in [0.5, 0.6) is 0 Å². The second-order valence-corrected chi connectivity index (χ2v) is 12.0. The molecular weight excluding hydrogens is 597 g/mol. The minimum Gasteiger partial charge on any atom is -0.398 e. The SMILES string of the molecule is Nc1ccc(-c2ccccc2Nc2ccc(/C=N/[C@@H](NCc3cccc(-c4ccccc4)c3)c3ccccc3)cc2)cc1-c1ccccc1. The molecule has 49 heavy (non-hydrogen) atoms. The monoisotopic (exact) mass is 634 g/mol. The van der Waals surface area contributed by atoms with E-state index in [1.165, 1.54) is 16.7 Å². The van der Waals surface area contributed by atoms with Crippen molar-refractivity contribution in [2.45, 2.75) is 12.7 Å². The van der Waals surface area contributed by atoms with E-state index in [0.717, 1.165) is 50.4 Å². The lowest BCUT2D eigenvalue weighted by Crippen LogP contribution is -2.19. The van der Waals surface area contributed by atoms with Gasteiger partial charge in [0.25, 0.3) is 0 Å². The average Bonchev–Trinajstić information content (AvgIpc) is 3.17. The molecule has 7 rings (SSSR count). The summed E-state index contributed by atoms with van der Waals surface area (Å²) >= 11 is 0. The van der Waals surface area contributed by atoms with Gasteiger partial charge >= 0.3 is 0 Å². The molecule has 0 saturated heterocycles. The number of para-hydroxylation sites is 1. The van der Waals surface area contributed by atoms with E-state index >= 15 is 0 Å². The molecule has 0 amide bonds. The second kappa shape index (κ2) is 15.1. The van der Waals surface area contributed by atoms with Crippen LogP contribution in [-0.2, 0) is 6.54 Å². The molecule has 4 heteroatoms. The van der Waals surface area contributed by atoms with Gasteiger partial charge in [-0.05, 0) is 75.3 Å². The first kappa shape index (κ1) is 31.4. The van der Waals surface area contributed by atoms with Crippen LogP contribution in [0.4, 0.5) is 17.1 Å². The van der Waals surface area contributed by atoms with Crippen molar-refractivity contribution in [2.24, 2.45) is 4.99 Å². The largest absolute Gasteiger partial charge is 0.398 e. The Labute approximate surface area is 288 Å². The zero-order valence-corrected chi connectivity index (χ0v) is 27.2. The number of nitrogen functional groups attached to an aromatic ring is 1. The van der Waals surface area contributed by atoms with E-state index in [4.69, 9.17) is 10.7 Å². The minimum atomic E-state index is -0.188. The van der Waals surface area contributed by atoms with Crippen LogP contribution in [0, 0.1) is 0 Å². The molecule has 0 aliphatic carbocycles. The normalized spacial score (nSPS) is 11.8. The van der Waals surface area contributed by atoms with Gasteiger partial charge < -0.3 is 11.1 Å². The van der Waals surface area contributed by atoms with Gasteiger partial charge in [-0.1, -0.05) is 146 Å². The molecule has 0 aromatic heterocycles. The van der Waals surface area contributed by atoms with Crippen molar-refractivity contribution < 1.29 is 0 Å². The summed E-state index contributed by atoms with van der Waals surface area (Å²) in [5.74, 6) is 0. The first-order valence-corrected chi connectivity index (χ1v) is 16.6. The maximum Gasteiger partial charge on any atom is 0.125 e. The number of hydrogen-bond acceptors (Lipinski definition) is 4. The van der Waals surface area contributed by atoms with Crippen molar-refractivity contribution in [3.8, 4) is 33.4 Å². The summed E-state index contributed by atoms with van der Waals surface area (Å²) in [5.41, 5.74) is 19.3. The van der Waals surface area contributed by atoms with Crippen molar-refractivity contribution in [1.29, 1.82) is 0 Å². The molecule has 1 atom stereocenters. The van der Waals surface area contributed by atoms with Gasteiger partial charge in [0, 0.05) is 40.9 Å². The van der Waals surface area contributed by atoms with Crippen LogP contribution >= 0.6 is 0 Å². The lowest BCUT2D eigenvalue weighted by atomic mass is 9.96. The summed E-state index contributed by atoms with van der Waals surface area (Å²) in [4.78, 5) is 5.00. The van der Waals surface area contributed by atoms with Crippen LogP contribution in [-0.4, -0.2) is 6.21 Å². The highest BCUT2D eigenvalue weighted by Crippen LogP contribution is 2.35. The van der Waals surface area contributed by atoms with Gasteiger partial charge in [-0.2, -0.15) is 0 Å². The molecular formula is C45H38N4. The number of rotatable bonds is 11. The second-order valence-electron chi connectivity index (χ2n) is 12.0. The fourth-order valence-electron chi connectivity index (χ4n) is 6.00. The van der Waals surface area contributed by atoms with E-state index in [0.29, 0.717) is 6.54 Å². The van der Waals surface area contributed by atoms with Crippen LogP contribution in [0.1, 0.15) is 22.9 Å². The van der Waals surface area contributed by atoms with Gasteiger partial charge in [-0.3, -0.25) is 10.3 Å². The molecule has 0 unspecified atom stereocenters. The summed E-state index contributed by atoms with van der Waals surface area (Å²) in [6, 6.07) is 62.8. The van der Waals surface area contributed by atoms with Gasteiger partial charge in [0.15, 0.2) is 0 Å². The predicted molar refractivity (Wildman–Crippen MR) is 207 cm³/mol. The van der Waals surface area contributed by atoms with E-state index < -0.39 is 0 Å². The molecule has 0 aliphatic heterocycles. The third-order valence-corrected chi connectivity index (χ3v) is 8.59. The van der Waals surface area contributed by atoms with Crippen molar-refractivity contribution in [3.63, 3.8) is 0 Å². The highest BCUT2D eigenvalue weighted by Gasteiger charge is 2.11. The van der Waals surface area contributed by atoms with E-state index in [9.17, 15) is 0 Å². The maximum absolute atomic E-state index is 6.39. The molecule has 7 aromatic rings. The smallest absolute Gasteiger partial charge is 0.125 e. The van der Waals surface area contributed by atoms with Gasteiger partial charge in [0.2, 0.25) is 0 Å². The molecule has 0 fully saturated rings. The van der Waals surface area contributed by atoms with Crippen LogP contribution in [0.3, 0.4) is 0 Å². The Morgan fingerprint density at radius 1 is 0.531 bits per heavy atom. The molecule has 0 aliphatic rings. The maximum atomic E-state index is 6.39. The summed E-state index contributed by atoms with van der Waals surface area (Å²) in [5, 5.41) is 7.30. The first-order chi connectivity index (χ1) is 24.2. The Bertz CT molecular complexity index is 2140. The van der Waals surface area contributed by atoms with Crippen molar-refractivity contribution in [1.82, 2.24) is 5.32 Å². The van der Waals surface area contributed by atoms with E-state index in [2.05, 4.69) is 156 Å². The lowest BCUT2D eigenvalue weighted by Gasteiger charge is -2.16. The molecule has 0 bridgehead atoms. The molecule has 0 heterocycles. The molecule has 0 saturated carbocycles. The number of nitrogens with one attached hydrogen (secondary N) is 2. The van der Waals surface area contributed by atoms with E-state index in [1.807, 2.05) is 42.6 Å². The van der Waals surface area contributed by atoms with E-state index in [-0.39, 0.29) is 6.17 Å². The number of benzene rings is 7. The van der Waals surface area contributed by atoms with Gasteiger partial charge in [0.1, 0.15) is 6.17 Å².